The Morgan fingerprint density at radius 1 is 1.00 bits per heavy atom. The van der Waals surface area contributed by atoms with Crippen LogP contribution in [0, 0.1) is 34.6 Å². The monoisotopic (exact) mass is 364 g/mol. The van der Waals surface area contributed by atoms with Crippen molar-refractivity contribution in [2.24, 2.45) is 0 Å². The molecule has 3 aromatic rings. The van der Waals surface area contributed by atoms with Crippen LogP contribution in [0.2, 0.25) is 0 Å². The first-order chi connectivity index (χ1) is 12.8. The lowest BCUT2D eigenvalue weighted by Gasteiger charge is -2.11. The molecular formula is C22H24N2O3. The van der Waals surface area contributed by atoms with Crippen molar-refractivity contribution in [1.29, 1.82) is 0 Å². The molecule has 3 rings (SSSR count). The van der Waals surface area contributed by atoms with Crippen molar-refractivity contribution in [1.82, 2.24) is 5.16 Å². The third-order valence-corrected chi connectivity index (χ3v) is 4.56. The molecule has 0 radical (unpaired) electrons. The average molecular weight is 364 g/mol. The van der Waals surface area contributed by atoms with Gasteiger partial charge in [0.1, 0.15) is 18.1 Å². The van der Waals surface area contributed by atoms with E-state index in [4.69, 9.17) is 9.26 Å². The summed E-state index contributed by atoms with van der Waals surface area (Å²) in [6, 6.07) is 12.0. The second kappa shape index (κ2) is 7.66. The Bertz CT molecular complexity index is 989. The van der Waals surface area contributed by atoms with Crippen LogP contribution in [0.5, 0.6) is 5.75 Å². The van der Waals surface area contributed by atoms with Crippen molar-refractivity contribution in [3.8, 4) is 5.75 Å². The highest BCUT2D eigenvalue weighted by molar-refractivity contribution is 6.04. The second-order valence-electron chi connectivity index (χ2n) is 6.90. The van der Waals surface area contributed by atoms with E-state index in [1.807, 2.05) is 64.1 Å². The van der Waals surface area contributed by atoms with Crippen molar-refractivity contribution < 1.29 is 14.1 Å². The van der Waals surface area contributed by atoms with Crippen LogP contribution in [-0.2, 0) is 6.61 Å². The summed E-state index contributed by atoms with van der Waals surface area (Å²) in [5.41, 5.74) is 5.88. The van der Waals surface area contributed by atoms with Gasteiger partial charge in [-0.25, -0.2) is 0 Å². The quantitative estimate of drug-likeness (QED) is 0.688. The summed E-state index contributed by atoms with van der Waals surface area (Å²) in [6.07, 6.45) is 0. The SMILES string of the molecule is Cc1ccc(C)c(NC(=O)c2noc(C)c2COc2cc(C)ccc2C)c1. The molecule has 5 heteroatoms. The molecule has 1 amide bonds. The minimum atomic E-state index is -0.305. The fourth-order valence-electron chi connectivity index (χ4n) is 2.80. The lowest BCUT2D eigenvalue weighted by molar-refractivity contribution is 0.101. The average Bonchev–Trinajstić information content (AvgIpc) is 2.99. The van der Waals surface area contributed by atoms with E-state index in [0.717, 1.165) is 33.7 Å². The molecule has 1 N–H and O–H groups in total. The van der Waals surface area contributed by atoms with Gasteiger partial charge < -0.3 is 14.6 Å². The number of aryl methyl sites for hydroxylation is 5. The molecular weight excluding hydrogens is 340 g/mol. The Balaban J connectivity index is 1.80. The highest BCUT2D eigenvalue weighted by Crippen LogP contribution is 2.23. The summed E-state index contributed by atoms with van der Waals surface area (Å²) >= 11 is 0. The molecule has 0 saturated carbocycles. The number of amides is 1. The van der Waals surface area contributed by atoms with E-state index in [0.29, 0.717) is 11.3 Å². The van der Waals surface area contributed by atoms with E-state index >= 15 is 0 Å². The second-order valence-corrected chi connectivity index (χ2v) is 6.90. The van der Waals surface area contributed by atoms with Gasteiger partial charge >= 0.3 is 0 Å². The van der Waals surface area contributed by atoms with Crippen LogP contribution >= 0.6 is 0 Å². The van der Waals surface area contributed by atoms with E-state index in [-0.39, 0.29) is 18.2 Å². The van der Waals surface area contributed by atoms with E-state index in [2.05, 4.69) is 10.5 Å². The van der Waals surface area contributed by atoms with E-state index in [1.165, 1.54) is 0 Å². The van der Waals surface area contributed by atoms with Crippen molar-refractivity contribution in [3.63, 3.8) is 0 Å². The number of aromatic nitrogens is 1. The third kappa shape index (κ3) is 4.19. The lowest BCUT2D eigenvalue weighted by Crippen LogP contribution is -2.16. The fourth-order valence-corrected chi connectivity index (χ4v) is 2.80. The topological polar surface area (TPSA) is 64.4 Å². The number of carbonyl (C=O) groups excluding carboxylic acids is 1. The van der Waals surface area contributed by atoms with Crippen LogP contribution in [0.1, 0.15) is 44.1 Å². The molecule has 140 valence electrons. The van der Waals surface area contributed by atoms with Crippen LogP contribution < -0.4 is 10.1 Å². The minimum Gasteiger partial charge on any atom is -0.488 e. The highest BCUT2D eigenvalue weighted by Gasteiger charge is 2.21. The predicted molar refractivity (Wildman–Crippen MR) is 105 cm³/mol. The summed E-state index contributed by atoms with van der Waals surface area (Å²) in [6.45, 7) is 9.94. The summed E-state index contributed by atoms with van der Waals surface area (Å²) in [5, 5.41) is 6.87. The molecule has 1 aromatic heterocycles. The van der Waals surface area contributed by atoms with Crippen LogP contribution in [-0.4, -0.2) is 11.1 Å². The fraction of sp³-hybridized carbons (Fsp3) is 0.273. The Labute approximate surface area is 159 Å². The van der Waals surface area contributed by atoms with Gasteiger partial charge in [-0.1, -0.05) is 29.4 Å². The number of benzene rings is 2. The molecule has 2 aromatic carbocycles. The van der Waals surface area contributed by atoms with Crippen molar-refractivity contribution in [2.45, 2.75) is 41.2 Å². The Hall–Kier alpha value is -3.08. The van der Waals surface area contributed by atoms with Crippen LogP contribution in [0.15, 0.2) is 40.9 Å². The van der Waals surface area contributed by atoms with Crippen LogP contribution in [0.25, 0.3) is 0 Å². The van der Waals surface area contributed by atoms with Crippen LogP contribution in [0.3, 0.4) is 0 Å². The molecule has 0 spiro atoms. The molecule has 0 saturated heterocycles. The van der Waals surface area contributed by atoms with Gasteiger partial charge in [0.2, 0.25) is 0 Å². The van der Waals surface area contributed by atoms with E-state index in [1.54, 1.807) is 6.92 Å². The largest absolute Gasteiger partial charge is 0.488 e. The molecule has 0 aliphatic rings. The Kier molecular flexibility index (Phi) is 5.31. The highest BCUT2D eigenvalue weighted by atomic mass is 16.5. The maximum atomic E-state index is 12.8. The van der Waals surface area contributed by atoms with Gasteiger partial charge in [-0.05, 0) is 69.0 Å². The first-order valence-electron chi connectivity index (χ1n) is 8.89. The number of hydrogen-bond acceptors (Lipinski definition) is 4. The lowest BCUT2D eigenvalue weighted by atomic mass is 10.1. The van der Waals surface area contributed by atoms with Gasteiger partial charge in [0.15, 0.2) is 5.69 Å². The first kappa shape index (κ1) is 18.7. The molecule has 1 heterocycles. The molecule has 0 bridgehead atoms. The molecule has 27 heavy (non-hydrogen) atoms. The Morgan fingerprint density at radius 3 is 2.41 bits per heavy atom. The molecule has 0 unspecified atom stereocenters. The zero-order valence-corrected chi connectivity index (χ0v) is 16.3. The number of rotatable bonds is 5. The number of carbonyl (C=O) groups is 1. The zero-order valence-electron chi connectivity index (χ0n) is 16.3. The number of nitrogens with one attached hydrogen (secondary N) is 1. The van der Waals surface area contributed by atoms with E-state index in [9.17, 15) is 4.79 Å². The standard InChI is InChI=1S/C22H24N2O3/c1-13-6-8-15(3)19(10-13)23-22(25)21-18(17(5)27-24-21)12-26-20-11-14(2)7-9-16(20)4/h6-11H,12H2,1-5H3,(H,23,25). The molecule has 0 atom stereocenters. The van der Waals surface area contributed by atoms with Crippen molar-refractivity contribution in [3.05, 3.63) is 75.7 Å². The minimum absolute atomic E-state index is 0.217. The Morgan fingerprint density at radius 2 is 1.67 bits per heavy atom. The first-order valence-corrected chi connectivity index (χ1v) is 8.89. The van der Waals surface area contributed by atoms with Crippen molar-refractivity contribution in [2.75, 3.05) is 5.32 Å². The number of hydrogen-bond donors (Lipinski definition) is 1. The number of ether oxygens (including phenoxy) is 1. The van der Waals surface area contributed by atoms with Gasteiger partial charge in [0.05, 0.1) is 5.56 Å². The van der Waals surface area contributed by atoms with Gasteiger partial charge in [0.25, 0.3) is 5.91 Å². The maximum absolute atomic E-state index is 12.8. The maximum Gasteiger partial charge on any atom is 0.278 e. The van der Waals surface area contributed by atoms with Crippen LogP contribution in [0.4, 0.5) is 5.69 Å². The summed E-state index contributed by atoms with van der Waals surface area (Å²) < 4.78 is 11.2. The predicted octanol–water partition coefficient (Wildman–Crippen LogP) is 5.05. The van der Waals surface area contributed by atoms with Gasteiger partial charge in [-0.3, -0.25) is 4.79 Å². The molecule has 0 aliphatic heterocycles. The van der Waals surface area contributed by atoms with Gasteiger partial charge in [0, 0.05) is 5.69 Å². The summed E-state index contributed by atoms with van der Waals surface area (Å²) in [5.74, 6) is 1.06. The van der Waals surface area contributed by atoms with Gasteiger partial charge in [-0.2, -0.15) is 0 Å². The zero-order chi connectivity index (χ0) is 19.6. The van der Waals surface area contributed by atoms with E-state index < -0.39 is 0 Å². The third-order valence-electron chi connectivity index (χ3n) is 4.56. The summed E-state index contributed by atoms with van der Waals surface area (Å²) in [4.78, 5) is 12.8. The van der Waals surface area contributed by atoms with Gasteiger partial charge in [-0.15, -0.1) is 0 Å². The number of nitrogens with zero attached hydrogens (tertiary/aromatic N) is 1. The number of anilines is 1. The molecule has 5 nitrogen and oxygen atoms in total. The van der Waals surface area contributed by atoms with Crippen molar-refractivity contribution >= 4 is 11.6 Å². The summed E-state index contributed by atoms with van der Waals surface area (Å²) in [7, 11) is 0. The molecule has 0 fully saturated rings. The normalized spacial score (nSPS) is 10.7. The smallest absolute Gasteiger partial charge is 0.278 e. The molecule has 0 aliphatic carbocycles.